The molecule has 0 spiro atoms. The number of nitrogens with one attached hydrogen (secondary N) is 1. The fourth-order valence-corrected chi connectivity index (χ4v) is 2.85. The highest BCUT2D eigenvalue weighted by atomic mass is 16.5. The summed E-state index contributed by atoms with van der Waals surface area (Å²) >= 11 is 0. The lowest BCUT2D eigenvalue weighted by Gasteiger charge is -2.15. The summed E-state index contributed by atoms with van der Waals surface area (Å²) in [6.45, 7) is 0.683. The Balaban J connectivity index is 1.59. The van der Waals surface area contributed by atoms with Crippen molar-refractivity contribution < 1.29 is 14.3 Å². The molecule has 2 fully saturated rings. The maximum Gasteiger partial charge on any atom is 0.253 e. The van der Waals surface area contributed by atoms with E-state index in [0.29, 0.717) is 12.7 Å². The van der Waals surface area contributed by atoms with Crippen molar-refractivity contribution in [1.29, 1.82) is 0 Å². The summed E-state index contributed by atoms with van der Waals surface area (Å²) in [4.78, 5) is 12.0. The molecule has 2 aliphatic rings. The molecule has 0 aromatic heterocycles. The monoisotopic (exact) mass is 275 g/mol. The van der Waals surface area contributed by atoms with E-state index >= 15 is 0 Å². The topological polar surface area (TPSA) is 47.6 Å². The zero-order chi connectivity index (χ0) is 13.8. The Morgan fingerprint density at radius 3 is 2.80 bits per heavy atom. The Labute approximate surface area is 119 Å². The molecule has 3 rings (SSSR count). The van der Waals surface area contributed by atoms with Crippen molar-refractivity contribution in [3.8, 4) is 5.75 Å². The molecule has 1 aromatic rings. The molecule has 1 aromatic carbocycles. The molecule has 1 aliphatic carbocycles. The highest BCUT2D eigenvalue weighted by Crippen LogP contribution is 2.26. The maximum atomic E-state index is 12.0. The van der Waals surface area contributed by atoms with Gasteiger partial charge in [-0.25, -0.2) is 0 Å². The first kappa shape index (κ1) is 13.4. The molecule has 1 saturated carbocycles. The number of rotatable bonds is 4. The molecule has 1 saturated heterocycles. The molecule has 4 heteroatoms. The SMILES string of the molecule is O=C(Nc1cccc(OC2CCCC2)c1)[C@@H]1CCCO1. The van der Waals surface area contributed by atoms with Crippen LogP contribution < -0.4 is 10.1 Å². The van der Waals surface area contributed by atoms with Gasteiger partial charge in [-0.2, -0.15) is 0 Å². The van der Waals surface area contributed by atoms with Crippen LogP contribution in [0, 0.1) is 0 Å². The van der Waals surface area contributed by atoms with Crippen LogP contribution in [0.4, 0.5) is 5.69 Å². The van der Waals surface area contributed by atoms with Crippen molar-refractivity contribution in [1.82, 2.24) is 0 Å². The number of hydrogen-bond acceptors (Lipinski definition) is 3. The van der Waals surface area contributed by atoms with E-state index in [4.69, 9.17) is 9.47 Å². The molecule has 1 atom stereocenters. The van der Waals surface area contributed by atoms with E-state index in [-0.39, 0.29) is 12.0 Å². The number of hydrogen-bond donors (Lipinski definition) is 1. The summed E-state index contributed by atoms with van der Waals surface area (Å²) in [6, 6.07) is 7.63. The fourth-order valence-electron chi connectivity index (χ4n) is 2.85. The van der Waals surface area contributed by atoms with Crippen molar-refractivity contribution in [3.05, 3.63) is 24.3 Å². The fraction of sp³-hybridized carbons (Fsp3) is 0.562. The third kappa shape index (κ3) is 3.31. The van der Waals surface area contributed by atoms with Gasteiger partial charge in [0.2, 0.25) is 0 Å². The lowest BCUT2D eigenvalue weighted by molar-refractivity contribution is -0.124. The largest absolute Gasteiger partial charge is 0.490 e. The molecule has 0 bridgehead atoms. The van der Waals surface area contributed by atoms with Gasteiger partial charge in [0.1, 0.15) is 11.9 Å². The quantitative estimate of drug-likeness (QED) is 0.918. The molecule has 20 heavy (non-hydrogen) atoms. The third-order valence-electron chi connectivity index (χ3n) is 3.93. The minimum absolute atomic E-state index is 0.0551. The van der Waals surface area contributed by atoms with Crippen molar-refractivity contribution in [2.24, 2.45) is 0 Å². The smallest absolute Gasteiger partial charge is 0.253 e. The van der Waals surface area contributed by atoms with Crippen LogP contribution in [0.2, 0.25) is 0 Å². The summed E-state index contributed by atoms with van der Waals surface area (Å²) in [5, 5.41) is 2.91. The van der Waals surface area contributed by atoms with Gasteiger partial charge in [0.05, 0.1) is 6.10 Å². The van der Waals surface area contributed by atoms with Crippen molar-refractivity contribution in [2.45, 2.75) is 50.7 Å². The molecule has 4 nitrogen and oxygen atoms in total. The molecule has 108 valence electrons. The van der Waals surface area contributed by atoms with Gasteiger partial charge in [-0.1, -0.05) is 6.07 Å². The second kappa shape index (κ2) is 6.27. The number of benzene rings is 1. The lowest BCUT2D eigenvalue weighted by Crippen LogP contribution is -2.26. The predicted molar refractivity (Wildman–Crippen MR) is 76.9 cm³/mol. The normalized spacial score (nSPS) is 22.9. The van der Waals surface area contributed by atoms with Crippen LogP contribution in [-0.4, -0.2) is 24.7 Å². The van der Waals surface area contributed by atoms with E-state index in [9.17, 15) is 4.79 Å². The number of amides is 1. The summed E-state index contributed by atoms with van der Waals surface area (Å²) in [5.41, 5.74) is 0.779. The van der Waals surface area contributed by atoms with Gasteiger partial charge in [0.25, 0.3) is 5.91 Å². The third-order valence-corrected chi connectivity index (χ3v) is 3.93. The van der Waals surface area contributed by atoms with Crippen molar-refractivity contribution in [3.63, 3.8) is 0 Å². The zero-order valence-electron chi connectivity index (χ0n) is 11.6. The Kier molecular flexibility index (Phi) is 4.21. The van der Waals surface area contributed by atoms with E-state index < -0.39 is 0 Å². The van der Waals surface area contributed by atoms with Crippen LogP contribution in [0.1, 0.15) is 38.5 Å². The highest BCUT2D eigenvalue weighted by Gasteiger charge is 2.23. The number of ether oxygens (including phenoxy) is 2. The molecule has 1 amide bonds. The van der Waals surface area contributed by atoms with Crippen LogP contribution in [-0.2, 0) is 9.53 Å². The first-order chi connectivity index (χ1) is 9.81. The van der Waals surface area contributed by atoms with Gasteiger partial charge in [-0.3, -0.25) is 4.79 Å². The van der Waals surface area contributed by atoms with Crippen LogP contribution in [0.5, 0.6) is 5.75 Å². The number of carbonyl (C=O) groups excluding carboxylic acids is 1. The molecule has 1 N–H and O–H groups in total. The molecule has 0 radical (unpaired) electrons. The second-order valence-electron chi connectivity index (χ2n) is 5.54. The van der Waals surface area contributed by atoms with Crippen LogP contribution in [0.25, 0.3) is 0 Å². The molecule has 0 unspecified atom stereocenters. The maximum absolute atomic E-state index is 12.0. The molecule has 1 heterocycles. The van der Waals surface area contributed by atoms with Gasteiger partial charge in [-0.05, 0) is 50.7 Å². The average molecular weight is 275 g/mol. The Morgan fingerprint density at radius 2 is 2.05 bits per heavy atom. The number of anilines is 1. The van der Waals surface area contributed by atoms with Gasteiger partial charge in [0.15, 0.2) is 0 Å². The van der Waals surface area contributed by atoms with Crippen LogP contribution in [0.15, 0.2) is 24.3 Å². The highest BCUT2D eigenvalue weighted by molar-refractivity contribution is 5.94. The van der Waals surface area contributed by atoms with E-state index in [0.717, 1.165) is 37.1 Å². The average Bonchev–Trinajstić information content (AvgIpc) is 3.12. The Hall–Kier alpha value is -1.55. The van der Waals surface area contributed by atoms with Gasteiger partial charge in [0, 0.05) is 18.4 Å². The van der Waals surface area contributed by atoms with Crippen molar-refractivity contribution >= 4 is 11.6 Å². The minimum atomic E-state index is -0.297. The van der Waals surface area contributed by atoms with Gasteiger partial charge >= 0.3 is 0 Å². The summed E-state index contributed by atoms with van der Waals surface area (Å²) in [6.07, 6.45) is 6.57. The van der Waals surface area contributed by atoms with Crippen LogP contribution in [0.3, 0.4) is 0 Å². The second-order valence-corrected chi connectivity index (χ2v) is 5.54. The first-order valence-electron chi connectivity index (χ1n) is 7.50. The summed E-state index contributed by atoms with van der Waals surface area (Å²) < 4.78 is 11.3. The predicted octanol–water partition coefficient (Wildman–Crippen LogP) is 3.13. The van der Waals surface area contributed by atoms with Crippen LogP contribution >= 0.6 is 0 Å². The van der Waals surface area contributed by atoms with Gasteiger partial charge in [-0.15, -0.1) is 0 Å². The molecule has 1 aliphatic heterocycles. The van der Waals surface area contributed by atoms with E-state index in [1.165, 1.54) is 12.8 Å². The standard InChI is InChI=1S/C16H21NO3/c18-16(15-9-4-10-19-15)17-12-5-3-8-14(11-12)20-13-6-1-2-7-13/h3,5,8,11,13,15H,1-2,4,6-7,9-10H2,(H,17,18)/t15-/m0/s1. The van der Waals surface area contributed by atoms with Gasteiger partial charge < -0.3 is 14.8 Å². The van der Waals surface area contributed by atoms with E-state index in [2.05, 4.69) is 5.32 Å². The molecular formula is C16H21NO3. The lowest BCUT2D eigenvalue weighted by atomic mass is 10.2. The van der Waals surface area contributed by atoms with Crippen molar-refractivity contribution in [2.75, 3.05) is 11.9 Å². The Bertz CT molecular complexity index is 463. The number of carbonyl (C=O) groups is 1. The van der Waals surface area contributed by atoms with E-state index in [1.807, 2.05) is 24.3 Å². The van der Waals surface area contributed by atoms with E-state index in [1.54, 1.807) is 0 Å². The summed E-state index contributed by atoms with van der Waals surface area (Å²) in [5.74, 6) is 0.780. The minimum Gasteiger partial charge on any atom is -0.490 e. The zero-order valence-corrected chi connectivity index (χ0v) is 11.6. The molecular weight excluding hydrogens is 254 g/mol. The first-order valence-corrected chi connectivity index (χ1v) is 7.50. The summed E-state index contributed by atoms with van der Waals surface area (Å²) in [7, 11) is 0. The Morgan fingerprint density at radius 1 is 1.20 bits per heavy atom.